The predicted molar refractivity (Wildman–Crippen MR) is 107 cm³/mol. The van der Waals surface area contributed by atoms with Crippen molar-refractivity contribution in [3.8, 4) is 0 Å². The monoisotopic (exact) mass is 465 g/mol. The smallest absolute Gasteiger partial charge is 0.317 e. The average molecular weight is 466 g/mol. The number of carbonyl (C=O) groups is 1. The summed E-state index contributed by atoms with van der Waals surface area (Å²) in [6, 6.07) is 10.7. The second-order valence-electron chi connectivity index (χ2n) is 7.58. The SMILES string of the molecule is Cl.O=C(CCC1(c2ccccc2)CCNCC1)c1ccc(C(F)(F)F)cc1C(F)(F)F. The zero-order valence-electron chi connectivity index (χ0n) is 16.4. The van der Waals surface area contributed by atoms with Crippen LogP contribution in [0.2, 0.25) is 0 Å². The second kappa shape index (κ2) is 9.61. The Hall–Kier alpha value is -2.06. The lowest BCUT2D eigenvalue weighted by Gasteiger charge is -2.38. The zero-order chi connectivity index (χ0) is 22.0. The van der Waals surface area contributed by atoms with Gasteiger partial charge in [0.05, 0.1) is 11.1 Å². The van der Waals surface area contributed by atoms with Crippen LogP contribution in [0.4, 0.5) is 26.3 Å². The highest BCUT2D eigenvalue weighted by Crippen LogP contribution is 2.40. The van der Waals surface area contributed by atoms with Crippen LogP contribution in [0.25, 0.3) is 0 Å². The Morgan fingerprint density at radius 3 is 2.06 bits per heavy atom. The van der Waals surface area contributed by atoms with E-state index >= 15 is 0 Å². The molecule has 0 spiro atoms. The molecule has 0 aromatic heterocycles. The highest BCUT2D eigenvalue weighted by Gasteiger charge is 2.40. The zero-order valence-corrected chi connectivity index (χ0v) is 17.3. The van der Waals surface area contributed by atoms with Gasteiger partial charge in [0, 0.05) is 12.0 Å². The lowest BCUT2D eigenvalue weighted by molar-refractivity contribution is -0.143. The summed E-state index contributed by atoms with van der Waals surface area (Å²) >= 11 is 0. The molecule has 1 heterocycles. The van der Waals surface area contributed by atoms with Crippen LogP contribution >= 0.6 is 12.4 Å². The third-order valence-corrected chi connectivity index (χ3v) is 5.73. The normalized spacial score (nSPS) is 16.5. The highest BCUT2D eigenvalue weighted by atomic mass is 35.5. The first kappa shape index (κ1) is 25.2. The minimum atomic E-state index is -5.06. The Morgan fingerprint density at radius 2 is 1.52 bits per heavy atom. The Bertz CT molecular complexity index is 889. The molecule has 31 heavy (non-hydrogen) atoms. The highest BCUT2D eigenvalue weighted by molar-refractivity contribution is 5.97. The Kier molecular flexibility index (Phi) is 7.81. The van der Waals surface area contributed by atoms with Gasteiger partial charge in [-0.15, -0.1) is 12.4 Å². The topological polar surface area (TPSA) is 29.1 Å². The summed E-state index contributed by atoms with van der Waals surface area (Å²) in [5.41, 5.74) is -3.02. The van der Waals surface area contributed by atoms with Gasteiger partial charge in [-0.25, -0.2) is 0 Å². The van der Waals surface area contributed by atoms with E-state index in [4.69, 9.17) is 0 Å². The predicted octanol–water partition coefficient (Wildman–Crippen LogP) is 6.43. The van der Waals surface area contributed by atoms with Crippen molar-refractivity contribution in [2.75, 3.05) is 13.1 Å². The van der Waals surface area contributed by atoms with E-state index in [0.29, 0.717) is 18.6 Å². The van der Waals surface area contributed by atoms with E-state index < -0.39 is 34.8 Å². The average Bonchev–Trinajstić information content (AvgIpc) is 2.71. The van der Waals surface area contributed by atoms with Gasteiger partial charge in [0.2, 0.25) is 0 Å². The third kappa shape index (κ3) is 5.80. The van der Waals surface area contributed by atoms with E-state index in [2.05, 4.69) is 5.32 Å². The molecular weight excluding hydrogens is 444 g/mol. The number of hydrogen-bond acceptors (Lipinski definition) is 2. The van der Waals surface area contributed by atoms with Crippen molar-refractivity contribution in [1.29, 1.82) is 0 Å². The standard InChI is InChI=1S/C22H21F6NO.ClH/c23-21(24,25)16-6-7-17(18(14-16)22(26,27)28)19(30)8-9-20(10-12-29-13-11-20)15-4-2-1-3-5-15;/h1-7,14,29H,8-13H2;1H. The molecule has 170 valence electrons. The van der Waals surface area contributed by atoms with E-state index in [0.717, 1.165) is 31.5 Å². The summed E-state index contributed by atoms with van der Waals surface area (Å²) in [5.74, 6) is -0.801. The van der Waals surface area contributed by atoms with Gasteiger partial charge in [0.25, 0.3) is 0 Å². The minimum Gasteiger partial charge on any atom is -0.317 e. The fraction of sp³-hybridized carbons (Fsp3) is 0.409. The Labute approximate surface area is 182 Å². The van der Waals surface area contributed by atoms with Gasteiger partial charge in [0.1, 0.15) is 0 Å². The molecule has 1 N–H and O–H groups in total. The molecular formula is C22H22ClF6NO. The maximum Gasteiger partial charge on any atom is 0.417 e. The summed E-state index contributed by atoms with van der Waals surface area (Å²) < 4.78 is 78.7. The van der Waals surface area contributed by atoms with Gasteiger partial charge in [-0.1, -0.05) is 36.4 Å². The molecule has 0 aliphatic carbocycles. The number of benzene rings is 2. The molecule has 0 saturated carbocycles. The van der Waals surface area contributed by atoms with Crippen molar-refractivity contribution in [2.45, 2.75) is 43.5 Å². The van der Waals surface area contributed by atoms with Gasteiger partial charge < -0.3 is 5.32 Å². The second-order valence-corrected chi connectivity index (χ2v) is 7.58. The van der Waals surface area contributed by atoms with Gasteiger partial charge in [-0.3, -0.25) is 4.79 Å². The van der Waals surface area contributed by atoms with E-state index in [9.17, 15) is 31.1 Å². The molecule has 3 rings (SSSR count). The first-order valence-corrected chi connectivity index (χ1v) is 9.61. The van der Waals surface area contributed by atoms with E-state index in [-0.39, 0.29) is 30.3 Å². The number of rotatable bonds is 5. The van der Waals surface area contributed by atoms with E-state index in [1.807, 2.05) is 30.3 Å². The first-order valence-electron chi connectivity index (χ1n) is 9.61. The van der Waals surface area contributed by atoms with Crippen LogP contribution in [0.5, 0.6) is 0 Å². The largest absolute Gasteiger partial charge is 0.417 e. The fourth-order valence-corrected chi connectivity index (χ4v) is 4.07. The van der Waals surface area contributed by atoms with Crippen molar-refractivity contribution in [2.24, 2.45) is 0 Å². The Morgan fingerprint density at radius 1 is 0.903 bits per heavy atom. The number of piperidine rings is 1. The molecule has 2 nitrogen and oxygen atoms in total. The number of hydrogen-bond donors (Lipinski definition) is 1. The van der Waals surface area contributed by atoms with Crippen LogP contribution in [0.15, 0.2) is 48.5 Å². The summed E-state index contributed by atoms with van der Waals surface area (Å²) in [6.07, 6.45) is -8.38. The van der Waals surface area contributed by atoms with Gasteiger partial charge in [0.15, 0.2) is 5.78 Å². The van der Waals surface area contributed by atoms with Gasteiger partial charge in [-0.05, 0) is 55.5 Å². The van der Waals surface area contributed by atoms with Crippen molar-refractivity contribution in [3.63, 3.8) is 0 Å². The summed E-state index contributed by atoms with van der Waals surface area (Å²) in [6.45, 7) is 1.44. The number of halogens is 7. The van der Waals surface area contributed by atoms with Crippen LogP contribution in [0.3, 0.4) is 0 Å². The summed E-state index contributed by atoms with van der Waals surface area (Å²) in [4.78, 5) is 12.7. The van der Waals surface area contributed by atoms with Crippen molar-refractivity contribution in [1.82, 2.24) is 5.32 Å². The number of Topliss-reactive ketones (excluding diaryl/α,β-unsaturated/α-hetero) is 1. The Balaban J connectivity index is 0.00000341. The van der Waals surface area contributed by atoms with E-state index in [1.165, 1.54) is 0 Å². The van der Waals surface area contributed by atoms with Gasteiger partial charge >= 0.3 is 12.4 Å². The third-order valence-electron chi connectivity index (χ3n) is 5.73. The van der Waals surface area contributed by atoms with Crippen LogP contribution < -0.4 is 5.32 Å². The van der Waals surface area contributed by atoms with E-state index in [1.54, 1.807) is 0 Å². The molecule has 0 radical (unpaired) electrons. The molecule has 1 saturated heterocycles. The lowest BCUT2D eigenvalue weighted by atomic mass is 9.69. The molecule has 1 fully saturated rings. The number of alkyl halides is 6. The molecule has 1 aliphatic rings. The molecule has 1 aliphatic heterocycles. The number of ketones is 1. The summed E-state index contributed by atoms with van der Waals surface area (Å²) in [7, 11) is 0. The lowest BCUT2D eigenvalue weighted by Crippen LogP contribution is -2.40. The van der Waals surface area contributed by atoms with Crippen LogP contribution in [0, 0.1) is 0 Å². The maximum absolute atomic E-state index is 13.4. The van der Waals surface area contributed by atoms with Crippen molar-refractivity contribution >= 4 is 18.2 Å². The maximum atomic E-state index is 13.4. The first-order chi connectivity index (χ1) is 14.0. The van der Waals surface area contributed by atoms with Crippen LogP contribution in [0.1, 0.15) is 52.7 Å². The van der Waals surface area contributed by atoms with Crippen molar-refractivity contribution < 1.29 is 31.1 Å². The molecule has 9 heteroatoms. The molecule has 0 bridgehead atoms. The quantitative estimate of drug-likeness (QED) is 0.407. The van der Waals surface area contributed by atoms with Crippen LogP contribution in [-0.2, 0) is 17.8 Å². The molecule has 0 amide bonds. The summed E-state index contributed by atoms with van der Waals surface area (Å²) in [5, 5.41) is 3.24. The minimum absolute atomic E-state index is 0. The number of nitrogens with one attached hydrogen (secondary N) is 1. The molecule has 0 atom stereocenters. The molecule has 2 aromatic carbocycles. The van der Waals surface area contributed by atoms with Crippen LogP contribution in [-0.4, -0.2) is 18.9 Å². The molecule has 0 unspecified atom stereocenters. The number of carbonyl (C=O) groups excluding carboxylic acids is 1. The van der Waals surface area contributed by atoms with Crippen molar-refractivity contribution in [3.05, 3.63) is 70.8 Å². The van der Waals surface area contributed by atoms with Gasteiger partial charge in [-0.2, -0.15) is 26.3 Å². The fourth-order valence-electron chi connectivity index (χ4n) is 4.07. The molecule has 2 aromatic rings.